The molecule has 12 heavy (non-hydrogen) atoms. The minimum atomic E-state index is 0. The molecular weight excluding hydrogens is 261 g/mol. The van der Waals surface area contributed by atoms with Crippen LogP contribution in [0, 0.1) is 0 Å². The van der Waals surface area contributed by atoms with E-state index in [0.717, 1.165) is 0 Å². The minimum absolute atomic E-state index is 0. The average molecular weight is 273 g/mol. The van der Waals surface area contributed by atoms with Gasteiger partial charge in [-0.15, -0.1) is 24.0 Å². The van der Waals surface area contributed by atoms with Gasteiger partial charge in [0, 0.05) is 12.1 Å². The largest absolute Gasteiger partial charge is 0.303 e. The van der Waals surface area contributed by atoms with Crippen LogP contribution in [-0.2, 0) is 0 Å². The number of benzene rings is 1. The molecule has 1 N–H and O–H groups in total. The first kappa shape index (κ1) is 8.51. The SMILES string of the molecule is I.c1ccc2c(c1)C1CCC2N1. The number of hydrogen-bond acceptors (Lipinski definition) is 1. The Morgan fingerprint density at radius 3 is 2.00 bits per heavy atom. The fraction of sp³-hybridized carbons (Fsp3) is 0.400. The Morgan fingerprint density at radius 2 is 1.50 bits per heavy atom. The maximum Gasteiger partial charge on any atom is 0.0329 e. The van der Waals surface area contributed by atoms with Gasteiger partial charge in [0.1, 0.15) is 0 Å². The first-order chi connectivity index (χ1) is 5.45. The summed E-state index contributed by atoms with van der Waals surface area (Å²) < 4.78 is 0. The van der Waals surface area contributed by atoms with E-state index < -0.39 is 0 Å². The van der Waals surface area contributed by atoms with Crippen LogP contribution in [0.4, 0.5) is 0 Å². The number of nitrogens with one attached hydrogen (secondary N) is 1. The lowest BCUT2D eigenvalue weighted by Gasteiger charge is -2.11. The Morgan fingerprint density at radius 1 is 1.00 bits per heavy atom. The summed E-state index contributed by atoms with van der Waals surface area (Å²) in [5.74, 6) is 0. The number of halogens is 1. The molecule has 64 valence electrons. The third-order valence-electron chi connectivity index (χ3n) is 2.89. The van der Waals surface area contributed by atoms with Crippen LogP contribution >= 0.6 is 24.0 Å². The molecule has 1 aromatic rings. The van der Waals surface area contributed by atoms with Crippen molar-refractivity contribution < 1.29 is 0 Å². The lowest BCUT2D eigenvalue weighted by Crippen LogP contribution is -2.05. The predicted molar refractivity (Wildman–Crippen MR) is 59.7 cm³/mol. The summed E-state index contributed by atoms with van der Waals surface area (Å²) in [4.78, 5) is 0. The molecule has 0 spiro atoms. The molecule has 2 bridgehead atoms. The Labute approximate surface area is 89.6 Å². The Balaban J connectivity index is 0.000000563. The van der Waals surface area contributed by atoms with Crippen LogP contribution in [0.3, 0.4) is 0 Å². The van der Waals surface area contributed by atoms with Crippen molar-refractivity contribution in [3.8, 4) is 0 Å². The van der Waals surface area contributed by atoms with Crippen LogP contribution in [0.1, 0.15) is 36.1 Å². The third-order valence-corrected chi connectivity index (χ3v) is 2.89. The zero-order valence-electron chi connectivity index (χ0n) is 6.79. The molecule has 0 radical (unpaired) electrons. The van der Waals surface area contributed by atoms with Gasteiger partial charge in [-0.25, -0.2) is 0 Å². The maximum atomic E-state index is 3.59. The van der Waals surface area contributed by atoms with E-state index in [1.54, 1.807) is 11.1 Å². The van der Waals surface area contributed by atoms with E-state index in [4.69, 9.17) is 0 Å². The van der Waals surface area contributed by atoms with Gasteiger partial charge >= 0.3 is 0 Å². The number of fused-ring (bicyclic) bond motifs is 5. The van der Waals surface area contributed by atoms with E-state index in [-0.39, 0.29) is 24.0 Å². The Hall–Kier alpha value is -0.0900. The highest BCUT2D eigenvalue weighted by Gasteiger charge is 2.35. The molecule has 2 heteroatoms. The third kappa shape index (κ3) is 1.01. The molecule has 1 nitrogen and oxygen atoms in total. The zero-order valence-corrected chi connectivity index (χ0v) is 9.12. The van der Waals surface area contributed by atoms with E-state index in [1.807, 2.05) is 0 Å². The summed E-state index contributed by atoms with van der Waals surface area (Å²) in [7, 11) is 0. The van der Waals surface area contributed by atoms with Crippen LogP contribution in [0.25, 0.3) is 0 Å². The number of rotatable bonds is 0. The molecule has 2 heterocycles. The van der Waals surface area contributed by atoms with E-state index in [1.165, 1.54) is 12.8 Å². The second-order valence-electron chi connectivity index (χ2n) is 3.48. The van der Waals surface area contributed by atoms with Crippen LogP contribution < -0.4 is 5.32 Å². The summed E-state index contributed by atoms with van der Waals surface area (Å²) in [6, 6.07) is 10.1. The van der Waals surface area contributed by atoms with Gasteiger partial charge in [-0.1, -0.05) is 24.3 Å². The fourth-order valence-electron chi connectivity index (χ4n) is 2.38. The fourth-order valence-corrected chi connectivity index (χ4v) is 2.38. The molecule has 3 rings (SSSR count). The summed E-state index contributed by atoms with van der Waals surface area (Å²) in [6.45, 7) is 0. The van der Waals surface area contributed by atoms with Gasteiger partial charge in [0.05, 0.1) is 0 Å². The zero-order chi connectivity index (χ0) is 7.26. The lowest BCUT2D eigenvalue weighted by atomic mass is 9.92. The second kappa shape index (κ2) is 3.00. The molecule has 0 aliphatic carbocycles. The van der Waals surface area contributed by atoms with Crippen molar-refractivity contribution in [2.75, 3.05) is 0 Å². The monoisotopic (exact) mass is 273 g/mol. The van der Waals surface area contributed by atoms with E-state index in [9.17, 15) is 0 Å². The summed E-state index contributed by atoms with van der Waals surface area (Å²) >= 11 is 0. The van der Waals surface area contributed by atoms with Crippen LogP contribution in [0.5, 0.6) is 0 Å². The molecule has 2 aliphatic heterocycles. The quantitative estimate of drug-likeness (QED) is 0.717. The van der Waals surface area contributed by atoms with Crippen molar-refractivity contribution in [1.29, 1.82) is 0 Å². The van der Waals surface area contributed by atoms with E-state index in [2.05, 4.69) is 29.6 Å². The lowest BCUT2D eigenvalue weighted by molar-refractivity contribution is 0.639. The highest BCUT2D eigenvalue weighted by molar-refractivity contribution is 14.0. The van der Waals surface area contributed by atoms with Gasteiger partial charge in [0.25, 0.3) is 0 Å². The molecule has 0 amide bonds. The molecule has 2 unspecified atom stereocenters. The molecule has 1 aromatic carbocycles. The highest BCUT2D eigenvalue weighted by Crippen LogP contribution is 2.44. The van der Waals surface area contributed by atoms with Crippen molar-refractivity contribution in [3.63, 3.8) is 0 Å². The summed E-state index contributed by atoms with van der Waals surface area (Å²) in [5.41, 5.74) is 3.09. The van der Waals surface area contributed by atoms with Gasteiger partial charge in [-0.2, -0.15) is 0 Å². The van der Waals surface area contributed by atoms with Gasteiger partial charge < -0.3 is 5.32 Å². The summed E-state index contributed by atoms with van der Waals surface area (Å²) in [5, 5.41) is 3.59. The molecule has 0 aromatic heterocycles. The molecule has 1 fully saturated rings. The van der Waals surface area contributed by atoms with Gasteiger partial charge in [-0.3, -0.25) is 0 Å². The van der Waals surface area contributed by atoms with E-state index in [0.29, 0.717) is 12.1 Å². The van der Waals surface area contributed by atoms with Crippen LogP contribution in [-0.4, -0.2) is 0 Å². The Kier molecular flexibility index (Phi) is 2.12. The first-order valence-corrected chi connectivity index (χ1v) is 4.30. The topological polar surface area (TPSA) is 12.0 Å². The van der Waals surface area contributed by atoms with Crippen LogP contribution in [0.15, 0.2) is 24.3 Å². The Bertz CT molecular complexity index is 269. The van der Waals surface area contributed by atoms with Gasteiger partial charge in [0.2, 0.25) is 0 Å². The molecule has 2 aliphatic rings. The standard InChI is InChI=1S/C10H11N.HI/c1-2-4-8-7(3-1)9-5-6-10(8)11-9;/h1-4,9-11H,5-6H2;1H. The minimum Gasteiger partial charge on any atom is -0.303 e. The molecule has 2 atom stereocenters. The van der Waals surface area contributed by atoms with Crippen molar-refractivity contribution in [2.24, 2.45) is 0 Å². The van der Waals surface area contributed by atoms with Crippen molar-refractivity contribution >= 4 is 24.0 Å². The van der Waals surface area contributed by atoms with Gasteiger partial charge in [0.15, 0.2) is 0 Å². The highest BCUT2D eigenvalue weighted by atomic mass is 127. The molecular formula is C10H12IN. The molecule has 0 saturated carbocycles. The predicted octanol–water partition coefficient (Wildman–Crippen LogP) is 2.78. The van der Waals surface area contributed by atoms with Crippen LogP contribution in [0.2, 0.25) is 0 Å². The smallest absolute Gasteiger partial charge is 0.0329 e. The summed E-state index contributed by atoms with van der Waals surface area (Å²) in [6.07, 6.45) is 2.67. The average Bonchev–Trinajstić information content (AvgIpc) is 2.64. The number of hydrogen-bond donors (Lipinski definition) is 1. The maximum absolute atomic E-state index is 3.59. The normalized spacial score (nSPS) is 29.7. The van der Waals surface area contributed by atoms with E-state index >= 15 is 0 Å². The van der Waals surface area contributed by atoms with Gasteiger partial charge in [-0.05, 0) is 24.0 Å². The van der Waals surface area contributed by atoms with Crippen molar-refractivity contribution in [2.45, 2.75) is 24.9 Å². The first-order valence-electron chi connectivity index (χ1n) is 4.30. The molecule has 1 saturated heterocycles. The van der Waals surface area contributed by atoms with Crippen molar-refractivity contribution in [3.05, 3.63) is 35.4 Å². The second-order valence-corrected chi connectivity index (χ2v) is 3.48. The van der Waals surface area contributed by atoms with Crippen molar-refractivity contribution in [1.82, 2.24) is 5.32 Å².